The Morgan fingerprint density at radius 2 is 1.90 bits per heavy atom. The van der Waals surface area contributed by atoms with Crippen LogP contribution in [0.3, 0.4) is 0 Å². The van der Waals surface area contributed by atoms with Crippen molar-refractivity contribution in [2.24, 2.45) is 5.92 Å². The number of hydrogen-bond donors (Lipinski definition) is 1. The summed E-state index contributed by atoms with van der Waals surface area (Å²) in [5, 5.41) is 2.94. The monoisotopic (exact) mass is 417 g/mol. The topological polar surface area (TPSA) is 82.9 Å². The molecule has 3 heterocycles. The maximum Gasteiger partial charge on any atom is 0.289 e. The smallest absolute Gasteiger partial charge is 0.289 e. The lowest BCUT2D eigenvalue weighted by atomic mass is 10.0. The van der Waals surface area contributed by atoms with E-state index >= 15 is 0 Å². The highest BCUT2D eigenvalue weighted by molar-refractivity contribution is 6.00. The Kier molecular flexibility index (Phi) is 5.52. The molecule has 0 spiro atoms. The fraction of sp³-hybridized carbons (Fsp3) is 0.381. The largest absolute Gasteiger partial charge is 0.459 e. The van der Waals surface area contributed by atoms with Crippen molar-refractivity contribution in [2.75, 3.05) is 24.5 Å². The van der Waals surface area contributed by atoms with Crippen LogP contribution in [0.1, 0.15) is 29.8 Å². The lowest BCUT2D eigenvalue weighted by Gasteiger charge is -2.32. The number of benzene rings is 1. The van der Waals surface area contributed by atoms with Crippen LogP contribution in [0.15, 0.2) is 41.0 Å². The van der Waals surface area contributed by atoms with Gasteiger partial charge in [-0.3, -0.25) is 14.4 Å². The van der Waals surface area contributed by atoms with Crippen molar-refractivity contribution >= 4 is 23.4 Å². The van der Waals surface area contributed by atoms with Gasteiger partial charge in [0.2, 0.25) is 11.8 Å². The number of likely N-dealkylation sites (tertiary alicyclic amines) is 1. The summed E-state index contributed by atoms with van der Waals surface area (Å²) in [6, 6.07) is 6.16. The molecule has 0 aliphatic carbocycles. The maximum absolute atomic E-state index is 14.0. The predicted octanol–water partition coefficient (Wildman–Crippen LogP) is 2.33. The van der Waals surface area contributed by atoms with Gasteiger partial charge in [-0.1, -0.05) is 0 Å². The van der Waals surface area contributed by atoms with Gasteiger partial charge in [-0.2, -0.15) is 0 Å². The maximum atomic E-state index is 14.0. The fourth-order valence-corrected chi connectivity index (χ4v) is 3.92. The summed E-state index contributed by atoms with van der Waals surface area (Å²) in [5.41, 5.74) is -0.0264. The molecule has 1 unspecified atom stereocenters. The van der Waals surface area contributed by atoms with Crippen molar-refractivity contribution in [1.82, 2.24) is 10.2 Å². The van der Waals surface area contributed by atoms with E-state index in [1.54, 1.807) is 17.0 Å². The molecule has 4 rings (SSSR count). The first-order valence-electron chi connectivity index (χ1n) is 9.81. The van der Waals surface area contributed by atoms with E-state index in [-0.39, 0.29) is 48.2 Å². The number of halogens is 2. The Hall–Kier alpha value is -3.23. The van der Waals surface area contributed by atoms with Gasteiger partial charge >= 0.3 is 0 Å². The zero-order valence-corrected chi connectivity index (χ0v) is 16.1. The Bertz CT molecular complexity index is 955. The molecule has 1 aromatic heterocycles. The van der Waals surface area contributed by atoms with Crippen molar-refractivity contribution in [2.45, 2.75) is 25.3 Å². The van der Waals surface area contributed by atoms with Crippen LogP contribution in [0.4, 0.5) is 14.5 Å². The van der Waals surface area contributed by atoms with Crippen LogP contribution < -0.4 is 10.2 Å². The Morgan fingerprint density at radius 1 is 1.13 bits per heavy atom. The molecule has 2 aliphatic heterocycles. The van der Waals surface area contributed by atoms with Crippen LogP contribution in [0.25, 0.3) is 0 Å². The van der Waals surface area contributed by atoms with E-state index in [1.807, 2.05) is 0 Å². The minimum atomic E-state index is -0.835. The molecule has 1 aromatic carbocycles. The van der Waals surface area contributed by atoms with Crippen molar-refractivity contribution < 1.29 is 27.6 Å². The summed E-state index contributed by atoms with van der Waals surface area (Å²) in [7, 11) is 0. The third-order valence-corrected chi connectivity index (χ3v) is 5.56. The molecule has 2 aliphatic rings. The van der Waals surface area contributed by atoms with E-state index in [2.05, 4.69) is 5.32 Å². The molecule has 2 fully saturated rings. The minimum Gasteiger partial charge on any atom is -0.459 e. The Labute approximate surface area is 171 Å². The van der Waals surface area contributed by atoms with Crippen molar-refractivity contribution in [3.05, 3.63) is 54.0 Å². The number of carbonyl (C=O) groups is 3. The first-order chi connectivity index (χ1) is 14.4. The van der Waals surface area contributed by atoms with Gasteiger partial charge < -0.3 is 19.5 Å². The summed E-state index contributed by atoms with van der Waals surface area (Å²) >= 11 is 0. The first-order valence-corrected chi connectivity index (χ1v) is 9.81. The van der Waals surface area contributed by atoms with E-state index in [9.17, 15) is 23.2 Å². The van der Waals surface area contributed by atoms with E-state index in [0.717, 1.165) is 6.07 Å². The molecule has 0 radical (unpaired) electrons. The predicted molar refractivity (Wildman–Crippen MR) is 103 cm³/mol. The van der Waals surface area contributed by atoms with Crippen molar-refractivity contribution in [3.63, 3.8) is 0 Å². The van der Waals surface area contributed by atoms with E-state index in [1.165, 1.54) is 17.2 Å². The first kappa shape index (κ1) is 20.1. The van der Waals surface area contributed by atoms with Gasteiger partial charge in [0, 0.05) is 38.2 Å². The van der Waals surface area contributed by atoms with Crippen molar-refractivity contribution in [3.8, 4) is 0 Å². The highest BCUT2D eigenvalue weighted by Crippen LogP contribution is 2.28. The second-order valence-corrected chi connectivity index (χ2v) is 7.55. The van der Waals surface area contributed by atoms with Gasteiger partial charge in [0.1, 0.15) is 11.6 Å². The number of furan rings is 1. The summed E-state index contributed by atoms with van der Waals surface area (Å²) in [6.45, 7) is 1.02. The Morgan fingerprint density at radius 3 is 2.57 bits per heavy atom. The van der Waals surface area contributed by atoms with Gasteiger partial charge in [0.05, 0.1) is 17.9 Å². The average molecular weight is 417 g/mol. The standard InChI is InChI=1S/C21H21F2N3O4/c22-14-3-4-17(16(23)11-14)26-12-13(10-19(26)27)20(28)24-15-5-7-25(8-6-15)21(29)18-2-1-9-30-18/h1-4,9,11,13,15H,5-8,10,12H2,(H,24,28). The van der Waals surface area contributed by atoms with E-state index in [4.69, 9.17) is 4.42 Å². The van der Waals surface area contributed by atoms with Crippen LogP contribution in [-0.4, -0.2) is 48.3 Å². The third kappa shape index (κ3) is 4.05. The Balaban J connectivity index is 1.31. The molecule has 158 valence electrons. The molecule has 0 bridgehead atoms. The van der Waals surface area contributed by atoms with Gasteiger partial charge in [-0.05, 0) is 37.1 Å². The highest BCUT2D eigenvalue weighted by Gasteiger charge is 2.37. The number of nitrogens with zero attached hydrogens (tertiary/aromatic N) is 2. The normalized spacial score (nSPS) is 19.9. The lowest BCUT2D eigenvalue weighted by Crippen LogP contribution is -2.48. The molecule has 2 saturated heterocycles. The number of carbonyl (C=O) groups excluding carboxylic acids is 3. The van der Waals surface area contributed by atoms with Crippen LogP contribution in [0.2, 0.25) is 0 Å². The molecule has 30 heavy (non-hydrogen) atoms. The van der Waals surface area contributed by atoms with Gasteiger partial charge in [-0.25, -0.2) is 8.78 Å². The number of piperidine rings is 1. The van der Waals surface area contributed by atoms with Crippen molar-refractivity contribution in [1.29, 1.82) is 0 Å². The van der Waals surface area contributed by atoms with Crippen LogP contribution >= 0.6 is 0 Å². The number of amides is 3. The molecule has 7 nitrogen and oxygen atoms in total. The summed E-state index contributed by atoms with van der Waals surface area (Å²) < 4.78 is 32.3. The number of anilines is 1. The fourth-order valence-electron chi connectivity index (χ4n) is 3.92. The summed E-state index contributed by atoms with van der Waals surface area (Å²) in [6.07, 6.45) is 2.60. The second-order valence-electron chi connectivity index (χ2n) is 7.55. The van der Waals surface area contributed by atoms with Crippen LogP contribution in [-0.2, 0) is 9.59 Å². The highest BCUT2D eigenvalue weighted by atomic mass is 19.1. The molecule has 1 N–H and O–H groups in total. The molecule has 1 atom stereocenters. The number of nitrogens with one attached hydrogen (secondary N) is 1. The summed E-state index contributed by atoms with van der Waals surface area (Å²) in [5.74, 6) is -2.71. The van der Waals surface area contributed by atoms with Crippen LogP contribution in [0, 0.1) is 17.6 Å². The zero-order valence-electron chi connectivity index (χ0n) is 16.1. The molecule has 0 saturated carbocycles. The quantitative estimate of drug-likeness (QED) is 0.828. The lowest BCUT2D eigenvalue weighted by molar-refractivity contribution is -0.127. The molecular formula is C21H21F2N3O4. The van der Waals surface area contributed by atoms with Gasteiger partial charge in [0.15, 0.2) is 5.76 Å². The zero-order chi connectivity index (χ0) is 21.3. The third-order valence-electron chi connectivity index (χ3n) is 5.56. The molecule has 2 aromatic rings. The van der Waals surface area contributed by atoms with Crippen LogP contribution in [0.5, 0.6) is 0 Å². The minimum absolute atomic E-state index is 0.0264. The average Bonchev–Trinajstić information content (AvgIpc) is 3.38. The van der Waals surface area contributed by atoms with E-state index in [0.29, 0.717) is 32.0 Å². The second kappa shape index (κ2) is 8.25. The van der Waals surface area contributed by atoms with Gasteiger partial charge in [-0.15, -0.1) is 0 Å². The van der Waals surface area contributed by atoms with Gasteiger partial charge in [0.25, 0.3) is 5.91 Å². The van der Waals surface area contributed by atoms with E-state index < -0.39 is 17.6 Å². The summed E-state index contributed by atoms with van der Waals surface area (Å²) in [4.78, 5) is 40.1. The SMILES string of the molecule is O=C(NC1CCN(C(=O)c2ccco2)CC1)C1CC(=O)N(c2ccc(F)cc2F)C1. The molecule has 9 heteroatoms. The molecule has 3 amide bonds. The molecular weight excluding hydrogens is 396 g/mol. The number of rotatable bonds is 4. The number of hydrogen-bond acceptors (Lipinski definition) is 4.